The van der Waals surface area contributed by atoms with Gasteiger partial charge in [-0.3, -0.25) is 4.79 Å². The fourth-order valence-corrected chi connectivity index (χ4v) is 5.15. The maximum atomic E-state index is 13.8. The number of benzene rings is 2. The van der Waals surface area contributed by atoms with E-state index >= 15 is 0 Å². The van der Waals surface area contributed by atoms with E-state index in [-0.39, 0.29) is 12.0 Å². The number of aryl methyl sites for hydroxylation is 1. The van der Waals surface area contributed by atoms with E-state index in [0.29, 0.717) is 35.2 Å². The summed E-state index contributed by atoms with van der Waals surface area (Å²) < 4.78 is 22.2. The fraction of sp³-hybridized carbons (Fsp3) is 0.385. The summed E-state index contributed by atoms with van der Waals surface area (Å²) in [5.41, 5.74) is 2.54. The quantitative estimate of drug-likeness (QED) is 0.429. The summed E-state index contributed by atoms with van der Waals surface area (Å²) in [7, 11) is 4.85. The third-order valence-electron chi connectivity index (χ3n) is 5.91. The molecule has 1 atom stereocenters. The highest BCUT2D eigenvalue weighted by atomic mass is 32.1. The van der Waals surface area contributed by atoms with Crippen molar-refractivity contribution in [2.75, 3.05) is 34.5 Å². The van der Waals surface area contributed by atoms with Gasteiger partial charge in [-0.1, -0.05) is 18.2 Å². The average Bonchev–Trinajstić information content (AvgIpc) is 3.52. The highest BCUT2D eigenvalue weighted by Crippen LogP contribution is 2.35. The van der Waals surface area contributed by atoms with Crippen LogP contribution in [0.25, 0.3) is 10.6 Å². The smallest absolute Gasteiger partial charge is 0.266 e. The van der Waals surface area contributed by atoms with E-state index in [2.05, 4.69) is 0 Å². The Labute approximate surface area is 204 Å². The molecule has 1 aliphatic heterocycles. The molecule has 1 unspecified atom stereocenters. The minimum Gasteiger partial charge on any atom is -0.496 e. The lowest BCUT2D eigenvalue weighted by Crippen LogP contribution is -2.37. The first kappa shape index (κ1) is 24.0. The lowest BCUT2D eigenvalue weighted by molar-refractivity contribution is 0.0508. The maximum absolute atomic E-state index is 13.8. The van der Waals surface area contributed by atoms with Crippen LogP contribution in [0.3, 0.4) is 0 Å². The molecule has 1 saturated heterocycles. The van der Waals surface area contributed by atoms with Crippen molar-refractivity contribution < 1.29 is 23.7 Å². The Morgan fingerprint density at radius 1 is 1.09 bits per heavy atom. The summed E-state index contributed by atoms with van der Waals surface area (Å²) in [4.78, 5) is 21.0. The van der Waals surface area contributed by atoms with Gasteiger partial charge in [-0.25, -0.2) is 4.98 Å². The molecule has 7 nitrogen and oxygen atoms in total. The van der Waals surface area contributed by atoms with Gasteiger partial charge in [0.1, 0.15) is 15.6 Å². The van der Waals surface area contributed by atoms with Gasteiger partial charge in [0.05, 0.1) is 33.1 Å². The molecule has 34 heavy (non-hydrogen) atoms. The first-order valence-corrected chi connectivity index (χ1v) is 12.1. The van der Waals surface area contributed by atoms with E-state index in [0.717, 1.165) is 41.3 Å². The molecule has 3 aromatic rings. The third-order valence-corrected chi connectivity index (χ3v) is 7.10. The largest absolute Gasteiger partial charge is 0.496 e. The van der Waals surface area contributed by atoms with Crippen LogP contribution in [0.2, 0.25) is 0 Å². The zero-order valence-corrected chi connectivity index (χ0v) is 20.8. The average molecular weight is 483 g/mol. The zero-order chi connectivity index (χ0) is 24.1. The van der Waals surface area contributed by atoms with Gasteiger partial charge < -0.3 is 23.8 Å². The Morgan fingerprint density at radius 2 is 1.85 bits per heavy atom. The molecule has 0 bridgehead atoms. The Balaban J connectivity index is 1.64. The summed E-state index contributed by atoms with van der Waals surface area (Å²) in [6.45, 7) is 3.58. The van der Waals surface area contributed by atoms with E-state index in [1.54, 1.807) is 21.3 Å². The molecular weight excluding hydrogens is 452 g/mol. The molecule has 1 aliphatic rings. The van der Waals surface area contributed by atoms with E-state index in [1.807, 2.05) is 54.3 Å². The number of rotatable bonds is 9. The van der Waals surface area contributed by atoms with Crippen LogP contribution in [0.5, 0.6) is 17.2 Å². The van der Waals surface area contributed by atoms with Gasteiger partial charge in [-0.15, -0.1) is 11.3 Å². The zero-order valence-electron chi connectivity index (χ0n) is 20.0. The summed E-state index contributed by atoms with van der Waals surface area (Å²) in [6, 6.07) is 13.4. The second-order valence-electron chi connectivity index (χ2n) is 8.14. The van der Waals surface area contributed by atoms with Crippen LogP contribution in [0, 0.1) is 6.92 Å². The van der Waals surface area contributed by atoms with Crippen molar-refractivity contribution in [2.24, 2.45) is 0 Å². The van der Waals surface area contributed by atoms with Crippen molar-refractivity contribution in [3.05, 3.63) is 58.6 Å². The van der Waals surface area contributed by atoms with Crippen LogP contribution < -0.4 is 14.2 Å². The highest BCUT2D eigenvalue weighted by Gasteiger charge is 2.27. The van der Waals surface area contributed by atoms with E-state index in [4.69, 9.17) is 23.9 Å². The van der Waals surface area contributed by atoms with Gasteiger partial charge in [0, 0.05) is 30.8 Å². The van der Waals surface area contributed by atoms with Crippen LogP contribution in [0.4, 0.5) is 0 Å². The molecule has 4 rings (SSSR count). The van der Waals surface area contributed by atoms with Crippen LogP contribution in [-0.2, 0) is 11.3 Å². The molecule has 180 valence electrons. The number of aromatic nitrogens is 1. The molecule has 0 N–H and O–H groups in total. The summed E-state index contributed by atoms with van der Waals surface area (Å²) in [5.74, 6) is 1.98. The highest BCUT2D eigenvalue weighted by molar-refractivity contribution is 7.17. The molecule has 2 aromatic carbocycles. The van der Waals surface area contributed by atoms with Gasteiger partial charge in [-0.05, 0) is 44.0 Å². The van der Waals surface area contributed by atoms with Crippen molar-refractivity contribution in [3.8, 4) is 27.8 Å². The number of thiazole rings is 1. The van der Waals surface area contributed by atoms with Crippen LogP contribution >= 0.6 is 11.3 Å². The summed E-state index contributed by atoms with van der Waals surface area (Å²) in [5, 5.41) is 0.760. The Kier molecular flexibility index (Phi) is 7.70. The van der Waals surface area contributed by atoms with Gasteiger partial charge in [-0.2, -0.15) is 0 Å². The van der Waals surface area contributed by atoms with Crippen LogP contribution in [0.15, 0.2) is 42.5 Å². The minimum absolute atomic E-state index is 0.0391. The van der Waals surface area contributed by atoms with Crippen molar-refractivity contribution >= 4 is 17.2 Å². The monoisotopic (exact) mass is 482 g/mol. The molecule has 0 aliphatic carbocycles. The third kappa shape index (κ3) is 5.18. The van der Waals surface area contributed by atoms with Gasteiger partial charge >= 0.3 is 0 Å². The number of hydrogen-bond acceptors (Lipinski definition) is 7. The SMILES string of the molecule is COc1ccccc1CN(CC1CCCO1)C(=O)c1sc(-c2ccc(OC)c(OC)c2)nc1C. The van der Waals surface area contributed by atoms with Gasteiger partial charge in [0.2, 0.25) is 0 Å². The summed E-state index contributed by atoms with van der Waals surface area (Å²) >= 11 is 1.39. The van der Waals surface area contributed by atoms with Crippen LogP contribution in [0.1, 0.15) is 33.8 Å². The number of carbonyl (C=O) groups excluding carboxylic acids is 1. The number of para-hydroxylation sites is 1. The number of amides is 1. The molecular formula is C26H30N2O5S. The predicted octanol–water partition coefficient (Wildman–Crippen LogP) is 4.97. The molecule has 0 radical (unpaired) electrons. The number of nitrogens with zero attached hydrogens (tertiary/aromatic N) is 2. The second kappa shape index (κ2) is 10.9. The predicted molar refractivity (Wildman–Crippen MR) is 132 cm³/mol. The number of ether oxygens (including phenoxy) is 4. The van der Waals surface area contributed by atoms with E-state index < -0.39 is 0 Å². The van der Waals surface area contributed by atoms with Crippen molar-refractivity contribution in [1.82, 2.24) is 9.88 Å². The number of carbonyl (C=O) groups is 1. The molecule has 1 amide bonds. The first-order chi connectivity index (χ1) is 16.5. The second-order valence-corrected chi connectivity index (χ2v) is 9.13. The first-order valence-electron chi connectivity index (χ1n) is 11.3. The molecule has 8 heteroatoms. The molecule has 0 saturated carbocycles. The Bertz CT molecular complexity index is 1140. The molecule has 0 spiro atoms. The lowest BCUT2D eigenvalue weighted by Gasteiger charge is -2.26. The number of hydrogen-bond donors (Lipinski definition) is 0. The molecule has 1 fully saturated rings. The number of methoxy groups -OCH3 is 3. The normalized spacial score (nSPS) is 15.2. The van der Waals surface area contributed by atoms with Gasteiger partial charge in [0.15, 0.2) is 11.5 Å². The van der Waals surface area contributed by atoms with Crippen LogP contribution in [-0.4, -0.2) is 56.4 Å². The van der Waals surface area contributed by atoms with Crippen molar-refractivity contribution in [3.63, 3.8) is 0 Å². The molecule has 1 aromatic heterocycles. The maximum Gasteiger partial charge on any atom is 0.266 e. The molecule has 2 heterocycles. The van der Waals surface area contributed by atoms with Gasteiger partial charge in [0.25, 0.3) is 5.91 Å². The van der Waals surface area contributed by atoms with Crippen molar-refractivity contribution in [2.45, 2.75) is 32.4 Å². The topological polar surface area (TPSA) is 70.1 Å². The Morgan fingerprint density at radius 3 is 2.56 bits per heavy atom. The van der Waals surface area contributed by atoms with E-state index in [9.17, 15) is 4.79 Å². The summed E-state index contributed by atoms with van der Waals surface area (Å²) in [6.07, 6.45) is 2.01. The fourth-order valence-electron chi connectivity index (χ4n) is 4.12. The minimum atomic E-state index is -0.0527. The Hall–Kier alpha value is -3.10. The van der Waals surface area contributed by atoms with Crippen molar-refractivity contribution in [1.29, 1.82) is 0 Å². The standard InChI is InChI=1S/C26H30N2O5S/c1-17-24(34-25(27-17)18-11-12-22(31-3)23(14-18)32-4)26(29)28(16-20-9-7-13-33-20)15-19-8-5-6-10-21(19)30-2/h5-6,8,10-12,14,20H,7,9,13,15-16H2,1-4H3. The lowest BCUT2D eigenvalue weighted by atomic mass is 10.1. The van der Waals surface area contributed by atoms with E-state index in [1.165, 1.54) is 11.3 Å².